The van der Waals surface area contributed by atoms with Gasteiger partial charge < -0.3 is 5.32 Å². The largest absolute Gasteiger partial charge is 0.322 e. The Morgan fingerprint density at radius 1 is 1.06 bits per heavy atom. The Bertz CT molecular complexity index is 1370. The van der Waals surface area contributed by atoms with Crippen LogP contribution >= 0.6 is 23.1 Å². The van der Waals surface area contributed by atoms with Crippen LogP contribution in [0.1, 0.15) is 27.2 Å². The molecule has 0 aliphatic carbocycles. The summed E-state index contributed by atoms with van der Waals surface area (Å²) < 4.78 is 4.04. The molecule has 2 heterocycles. The van der Waals surface area contributed by atoms with Crippen LogP contribution in [0.15, 0.2) is 83.3 Å². The lowest BCUT2D eigenvalue weighted by Gasteiger charge is -2.07. The average Bonchev–Trinajstić information content (AvgIpc) is 3.44. The van der Waals surface area contributed by atoms with Crippen LogP contribution in [0, 0.1) is 6.92 Å². The lowest BCUT2D eigenvalue weighted by molar-refractivity contribution is 0.102. The summed E-state index contributed by atoms with van der Waals surface area (Å²) in [5.41, 5.74) is 5.51. The van der Waals surface area contributed by atoms with Crippen molar-refractivity contribution in [1.82, 2.24) is 20.0 Å². The van der Waals surface area contributed by atoms with Crippen LogP contribution < -0.4 is 5.32 Å². The number of fused-ring (bicyclic) bond motifs is 1. The molecule has 0 aliphatic heterocycles. The van der Waals surface area contributed by atoms with E-state index in [0.29, 0.717) is 12.1 Å². The molecule has 3 aromatic carbocycles. The van der Waals surface area contributed by atoms with Crippen molar-refractivity contribution in [2.45, 2.75) is 23.6 Å². The van der Waals surface area contributed by atoms with Crippen molar-refractivity contribution in [2.24, 2.45) is 0 Å². The summed E-state index contributed by atoms with van der Waals surface area (Å²) in [6, 6.07) is 23.5. The predicted molar refractivity (Wildman–Crippen MR) is 134 cm³/mol. The Labute approximate surface area is 199 Å². The number of nitrogens with one attached hydrogen (secondary N) is 1. The molecule has 5 aromatic rings. The minimum absolute atomic E-state index is 0.123. The Hall–Kier alpha value is -3.49. The smallest absolute Gasteiger partial charge is 0.255 e. The van der Waals surface area contributed by atoms with Gasteiger partial charge in [0.15, 0.2) is 4.34 Å². The highest BCUT2D eigenvalue weighted by Gasteiger charge is 2.09. The molecule has 0 fully saturated rings. The number of thiazole rings is 1. The summed E-state index contributed by atoms with van der Waals surface area (Å²) in [4.78, 5) is 17.1. The van der Waals surface area contributed by atoms with Crippen LogP contribution in [-0.2, 0) is 12.3 Å². The molecular weight excluding hydrogens is 450 g/mol. The van der Waals surface area contributed by atoms with E-state index in [1.807, 2.05) is 84.5 Å². The zero-order valence-corrected chi connectivity index (χ0v) is 19.6. The molecule has 1 N–H and O–H groups in total. The molecule has 0 unspecified atom stereocenters. The lowest BCUT2D eigenvalue weighted by Crippen LogP contribution is -2.12. The highest BCUT2D eigenvalue weighted by Crippen LogP contribution is 2.30. The van der Waals surface area contributed by atoms with Crippen LogP contribution in [0.25, 0.3) is 10.2 Å². The fraction of sp³-hybridized carbons (Fsp3) is 0.120. The van der Waals surface area contributed by atoms with Crippen LogP contribution in [0.3, 0.4) is 0 Å². The molecule has 0 spiro atoms. The van der Waals surface area contributed by atoms with E-state index in [0.717, 1.165) is 38.1 Å². The van der Waals surface area contributed by atoms with E-state index in [2.05, 4.69) is 26.7 Å². The molecule has 33 heavy (non-hydrogen) atoms. The van der Waals surface area contributed by atoms with Gasteiger partial charge in [-0.3, -0.25) is 4.79 Å². The van der Waals surface area contributed by atoms with Crippen LogP contribution in [0.4, 0.5) is 5.69 Å². The van der Waals surface area contributed by atoms with Gasteiger partial charge in [-0.2, -0.15) is 0 Å². The summed E-state index contributed by atoms with van der Waals surface area (Å²) in [7, 11) is 0. The quantitative estimate of drug-likeness (QED) is 0.304. The number of rotatable bonds is 7. The first-order valence-corrected chi connectivity index (χ1v) is 12.3. The molecule has 1 amide bonds. The van der Waals surface area contributed by atoms with Gasteiger partial charge in [-0.1, -0.05) is 53.4 Å². The molecule has 164 valence electrons. The number of carbonyl (C=O) groups is 1. The molecule has 0 saturated carbocycles. The van der Waals surface area contributed by atoms with Gasteiger partial charge in [-0.05, 0) is 54.4 Å². The van der Waals surface area contributed by atoms with Gasteiger partial charge in [-0.25, -0.2) is 9.67 Å². The molecule has 0 aliphatic rings. The number of thioether (sulfide) groups is 1. The van der Waals surface area contributed by atoms with Gasteiger partial charge >= 0.3 is 0 Å². The normalized spacial score (nSPS) is 11.1. The predicted octanol–water partition coefficient (Wildman–Crippen LogP) is 5.79. The second-order valence-electron chi connectivity index (χ2n) is 7.66. The number of hydrogen-bond donors (Lipinski definition) is 1. The van der Waals surface area contributed by atoms with E-state index in [1.165, 1.54) is 4.70 Å². The topological polar surface area (TPSA) is 72.7 Å². The van der Waals surface area contributed by atoms with Crippen molar-refractivity contribution in [1.29, 1.82) is 0 Å². The third-order valence-corrected chi connectivity index (χ3v) is 7.25. The number of aryl methyl sites for hydroxylation is 1. The fourth-order valence-corrected chi connectivity index (χ4v) is 5.35. The van der Waals surface area contributed by atoms with Crippen molar-refractivity contribution in [3.05, 3.63) is 101 Å². The van der Waals surface area contributed by atoms with Gasteiger partial charge in [0.05, 0.1) is 22.5 Å². The minimum atomic E-state index is -0.123. The van der Waals surface area contributed by atoms with Crippen molar-refractivity contribution in [3.63, 3.8) is 0 Å². The van der Waals surface area contributed by atoms with E-state index in [1.54, 1.807) is 23.1 Å². The van der Waals surface area contributed by atoms with Crippen molar-refractivity contribution >= 4 is 44.9 Å². The zero-order chi connectivity index (χ0) is 22.6. The number of amides is 1. The van der Waals surface area contributed by atoms with E-state index < -0.39 is 0 Å². The first-order valence-electron chi connectivity index (χ1n) is 10.5. The summed E-state index contributed by atoms with van der Waals surface area (Å²) in [6.45, 7) is 2.60. The Morgan fingerprint density at radius 2 is 1.91 bits per heavy atom. The van der Waals surface area contributed by atoms with Crippen LogP contribution in [-0.4, -0.2) is 25.9 Å². The van der Waals surface area contributed by atoms with Gasteiger partial charge in [0, 0.05) is 23.2 Å². The molecule has 0 bridgehead atoms. The second kappa shape index (κ2) is 9.56. The van der Waals surface area contributed by atoms with E-state index in [-0.39, 0.29) is 5.91 Å². The molecule has 6 nitrogen and oxygen atoms in total. The number of aromatic nitrogens is 4. The highest BCUT2D eigenvalue weighted by molar-refractivity contribution is 8.00. The molecule has 2 aromatic heterocycles. The van der Waals surface area contributed by atoms with Crippen molar-refractivity contribution in [2.75, 3.05) is 5.32 Å². The summed E-state index contributed by atoms with van der Waals surface area (Å²) in [5, 5.41) is 11.5. The molecule has 0 atom stereocenters. The number of benzene rings is 3. The highest BCUT2D eigenvalue weighted by atomic mass is 32.2. The SMILES string of the molecule is Cc1cccc(NC(=O)c2ccc(Cn3cc(CSc4nc5ccccc5s4)nn3)cc2)c1. The van der Waals surface area contributed by atoms with Crippen LogP contribution in [0.2, 0.25) is 0 Å². The van der Waals surface area contributed by atoms with Gasteiger partial charge in [0.25, 0.3) is 5.91 Å². The fourth-order valence-electron chi connectivity index (χ4n) is 3.41. The molecular formula is C25H21N5OS2. The Morgan fingerprint density at radius 3 is 2.73 bits per heavy atom. The molecule has 8 heteroatoms. The van der Waals surface area contributed by atoms with Crippen LogP contribution in [0.5, 0.6) is 0 Å². The monoisotopic (exact) mass is 471 g/mol. The maximum atomic E-state index is 12.5. The number of hydrogen-bond acceptors (Lipinski definition) is 6. The maximum absolute atomic E-state index is 12.5. The number of anilines is 1. The van der Waals surface area contributed by atoms with E-state index >= 15 is 0 Å². The van der Waals surface area contributed by atoms with Gasteiger partial charge in [0.2, 0.25) is 0 Å². The molecule has 0 radical (unpaired) electrons. The van der Waals surface area contributed by atoms with Crippen molar-refractivity contribution in [3.8, 4) is 0 Å². The maximum Gasteiger partial charge on any atom is 0.255 e. The lowest BCUT2D eigenvalue weighted by atomic mass is 10.1. The summed E-state index contributed by atoms with van der Waals surface area (Å²) >= 11 is 3.37. The van der Waals surface area contributed by atoms with Crippen molar-refractivity contribution < 1.29 is 4.79 Å². The third kappa shape index (κ3) is 5.30. The minimum Gasteiger partial charge on any atom is -0.322 e. The Kier molecular flexibility index (Phi) is 6.19. The number of carbonyl (C=O) groups excluding carboxylic acids is 1. The second-order valence-corrected chi connectivity index (χ2v) is 9.92. The zero-order valence-electron chi connectivity index (χ0n) is 17.9. The third-order valence-electron chi connectivity index (χ3n) is 5.04. The number of nitrogens with zero attached hydrogens (tertiary/aromatic N) is 4. The van der Waals surface area contributed by atoms with Gasteiger partial charge in [-0.15, -0.1) is 16.4 Å². The molecule has 5 rings (SSSR count). The summed E-state index contributed by atoms with van der Waals surface area (Å²) in [5.74, 6) is 0.597. The first kappa shape index (κ1) is 21.4. The Balaban J connectivity index is 1.17. The average molecular weight is 472 g/mol. The van der Waals surface area contributed by atoms with Gasteiger partial charge in [0.1, 0.15) is 0 Å². The summed E-state index contributed by atoms with van der Waals surface area (Å²) in [6.07, 6.45) is 1.96. The standard InChI is InChI=1S/C25H21N5OS2/c1-17-5-4-6-20(13-17)26-24(31)19-11-9-18(10-12-19)14-30-15-21(28-29-30)16-32-25-27-22-7-2-3-8-23(22)33-25/h2-13,15H,14,16H2,1H3,(H,26,31). The molecule has 0 saturated heterocycles. The van der Waals surface area contributed by atoms with E-state index in [9.17, 15) is 4.79 Å². The number of para-hydroxylation sites is 1. The van der Waals surface area contributed by atoms with E-state index in [4.69, 9.17) is 0 Å². The first-order chi connectivity index (χ1) is 16.1.